The Morgan fingerprint density at radius 1 is 0.788 bits per heavy atom. The highest BCUT2D eigenvalue weighted by atomic mass is 19.1. The number of esters is 4. The van der Waals surface area contributed by atoms with Gasteiger partial charge >= 0.3 is 23.9 Å². The summed E-state index contributed by atoms with van der Waals surface area (Å²) in [4.78, 5) is 75.8. The second-order valence-corrected chi connectivity index (χ2v) is 8.19. The molecule has 0 atom stereocenters. The van der Waals surface area contributed by atoms with Crippen LogP contribution in [0.5, 0.6) is 0 Å². The number of cyclic esters (lactones) is 4. The molecular weight excluding hydrogens is 443 g/mol. The van der Waals surface area contributed by atoms with Crippen molar-refractivity contribution in [1.29, 1.82) is 0 Å². The molecule has 0 unspecified atom stereocenters. The molecule has 10 nitrogen and oxygen atoms in total. The third-order valence-electron chi connectivity index (χ3n) is 4.54. The molecule has 11 heteroatoms. The van der Waals surface area contributed by atoms with E-state index in [1.165, 1.54) is 39.8 Å². The van der Waals surface area contributed by atoms with Crippen LogP contribution in [-0.2, 0) is 47.7 Å². The Hall–Kier alpha value is -3.89. The van der Waals surface area contributed by atoms with E-state index in [1.54, 1.807) is 0 Å². The fourth-order valence-corrected chi connectivity index (χ4v) is 3.20. The van der Waals surface area contributed by atoms with Gasteiger partial charge in [-0.2, -0.15) is 0 Å². The minimum Gasteiger partial charge on any atom is -0.422 e. The van der Waals surface area contributed by atoms with Crippen LogP contribution in [0.25, 0.3) is 6.08 Å². The maximum atomic E-state index is 13.7. The molecule has 0 bridgehead atoms. The Kier molecular flexibility index (Phi) is 5.93. The summed E-state index contributed by atoms with van der Waals surface area (Å²) in [6.07, 6.45) is 0.842. The molecule has 1 aromatic rings. The van der Waals surface area contributed by atoms with E-state index < -0.39 is 70.2 Å². The van der Waals surface area contributed by atoms with Gasteiger partial charge in [-0.25, -0.2) is 4.39 Å². The minimum atomic E-state index is -2.20. The predicted octanol–water partition coefficient (Wildman–Crippen LogP) is 1.25. The van der Waals surface area contributed by atoms with Crippen LogP contribution in [0.2, 0.25) is 0 Å². The van der Waals surface area contributed by atoms with E-state index in [4.69, 9.17) is 18.9 Å². The number of Topliss-reactive ketones (excluding diaryl/α,β-unsaturated/α-hetero) is 2. The highest BCUT2D eigenvalue weighted by Crippen LogP contribution is 2.30. The van der Waals surface area contributed by atoms with E-state index in [-0.39, 0.29) is 5.56 Å². The molecule has 174 valence electrons. The fourth-order valence-electron chi connectivity index (χ4n) is 3.20. The number of carbonyl (C=O) groups excluding carboxylic acids is 6. The van der Waals surface area contributed by atoms with Crippen molar-refractivity contribution in [2.45, 2.75) is 39.3 Å². The van der Waals surface area contributed by atoms with Crippen molar-refractivity contribution in [2.24, 2.45) is 11.8 Å². The molecule has 33 heavy (non-hydrogen) atoms. The molecule has 0 aliphatic carbocycles. The lowest BCUT2D eigenvalue weighted by atomic mass is 9.87. The number of ether oxygens (including phenoxy) is 4. The predicted molar refractivity (Wildman–Crippen MR) is 104 cm³/mol. The van der Waals surface area contributed by atoms with Gasteiger partial charge in [-0.3, -0.25) is 28.8 Å². The summed E-state index contributed by atoms with van der Waals surface area (Å²) in [6, 6.07) is 4.62. The van der Waals surface area contributed by atoms with Crippen LogP contribution in [0.3, 0.4) is 0 Å². The van der Waals surface area contributed by atoms with Gasteiger partial charge in [0.15, 0.2) is 11.6 Å². The standard InChI is InChI=1S/C22H19FO10/c1-21(2)30-17(26)13(18(27)31-21)15(24)12(9-10-6-5-7-11(23)8-10)16(25)14-19(28)32-22(3,4)33-20(14)29/h5-9,13-14H,1-4H3. The van der Waals surface area contributed by atoms with E-state index in [9.17, 15) is 33.2 Å². The lowest BCUT2D eigenvalue weighted by molar-refractivity contribution is -0.239. The second kappa shape index (κ2) is 8.23. The summed E-state index contributed by atoms with van der Waals surface area (Å²) in [5.74, 6) is -16.4. The molecule has 3 rings (SSSR count). The number of halogens is 1. The van der Waals surface area contributed by atoms with Gasteiger partial charge in [0.05, 0.1) is 5.57 Å². The number of hydrogen-bond acceptors (Lipinski definition) is 10. The lowest BCUT2D eigenvalue weighted by Gasteiger charge is -2.33. The zero-order valence-corrected chi connectivity index (χ0v) is 18.0. The molecule has 2 heterocycles. The van der Waals surface area contributed by atoms with Crippen molar-refractivity contribution in [3.8, 4) is 0 Å². The van der Waals surface area contributed by atoms with Crippen LogP contribution >= 0.6 is 0 Å². The Labute approximate surface area is 186 Å². The van der Waals surface area contributed by atoms with Gasteiger partial charge in [0.2, 0.25) is 11.8 Å². The monoisotopic (exact) mass is 462 g/mol. The second-order valence-electron chi connectivity index (χ2n) is 8.19. The smallest absolute Gasteiger partial charge is 0.331 e. The maximum absolute atomic E-state index is 13.7. The summed E-state index contributed by atoms with van der Waals surface area (Å²) in [5, 5.41) is 0. The van der Waals surface area contributed by atoms with Gasteiger partial charge < -0.3 is 18.9 Å². The molecule has 0 amide bonds. The molecular formula is C22H19FO10. The van der Waals surface area contributed by atoms with Crippen LogP contribution in [0.1, 0.15) is 33.3 Å². The molecule has 0 N–H and O–H groups in total. The van der Waals surface area contributed by atoms with Crippen molar-refractivity contribution in [3.63, 3.8) is 0 Å². The minimum absolute atomic E-state index is 0.0255. The molecule has 1 aromatic carbocycles. The van der Waals surface area contributed by atoms with Crippen LogP contribution < -0.4 is 0 Å². The summed E-state index contributed by atoms with van der Waals surface area (Å²) >= 11 is 0. The summed E-state index contributed by atoms with van der Waals surface area (Å²) in [5.41, 5.74) is -0.944. The Balaban J connectivity index is 2.06. The summed E-state index contributed by atoms with van der Waals surface area (Å²) < 4.78 is 33.3. The van der Waals surface area contributed by atoms with Crippen LogP contribution in [0.4, 0.5) is 4.39 Å². The van der Waals surface area contributed by atoms with Gasteiger partial charge in [-0.15, -0.1) is 0 Å². The maximum Gasteiger partial charge on any atom is 0.331 e. The number of carbonyl (C=O) groups is 6. The van der Waals surface area contributed by atoms with E-state index >= 15 is 0 Å². The first-order valence-corrected chi connectivity index (χ1v) is 9.68. The van der Waals surface area contributed by atoms with E-state index in [0.717, 1.165) is 18.2 Å². The SMILES string of the molecule is CC1(C)OC(=O)C(C(=O)C(=Cc2cccc(F)c2)C(=O)C2C(=O)OC(C)(C)OC2=O)C(=O)O1. The molecule has 2 aliphatic rings. The third-order valence-corrected chi connectivity index (χ3v) is 4.54. The van der Waals surface area contributed by atoms with Gasteiger partial charge in [0, 0.05) is 27.7 Å². The number of allylic oxidation sites excluding steroid dienone is 1. The normalized spacial score (nSPS) is 20.2. The van der Waals surface area contributed by atoms with Gasteiger partial charge in [-0.1, -0.05) is 12.1 Å². The molecule has 2 fully saturated rings. The first kappa shape index (κ1) is 23.8. The first-order chi connectivity index (χ1) is 15.2. The summed E-state index contributed by atoms with van der Waals surface area (Å²) in [7, 11) is 0. The van der Waals surface area contributed by atoms with Crippen molar-refractivity contribution in [2.75, 3.05) is 0 Å². The van der Waals surface area contributed by atoms with E-state index in [0.29, 0.717) is 0 Å². The van der Waals surface area contributed by atoms with Crippen LogP contribution in [0, 0.1) is 17.7 Å². The van der Waals surface area contributed by atoms with Crippen molar-refractivity contribution >= 4 is 41.5 Å². The van der Waals surface area contributed by atoms with Crippen molar-refractivity contribution in [1.82, 2.24) is 0 Å². The third kappa shape index (κ3) is 4.97. The number of hydrogen-bond donors (Lipinski definition) is 0. The van der Waals surface area contributed by atoms with E-state index in [2.05, 4.69) is 0 Å². The quantitative estimate of drug-likeness (QED) is 0.272. The number of ketones is 2. The topological polar surface area (TPSA) is 139 Å². The van der Waals surface area contributed by atoms with E-state index in [1.807, 2.05) is 0 Å². The summed E-state index contributed by atoms with van der Waals surface area (Å²) in [6.45, 7) is 5.03. The zero-order valence-electron chi connectivity index (χ0n) is 18.0. The highest BCUT2D eigenvalue weighted by molar-refractivity contribution is 6.37. The fraction of sp³-hybridized carbons (Fsp3) is 0.364. The zero-order chi connectivity index (χ0) is 24.7. The molecule has 0 radical (unpaired) electrons. The van der Waals surface area contributed by atoms with Crippen molar-refractivity contribution < 1.29 is 52.1 Å². The highest BCUT2D eigenvalue weighted by Gasteiger charge is 2.53. The first-order valence-electron chi connectivity index (χ1n) is 9.68. The van der Waals surface area contributed by atoms with Gasteiger partial charge in [-0.05, 0) is 23.8 Å². The van der Waals surface area contributed by atoms with Crippen LogP contribution in [0.15, 0.2) is 29.8 Å². The average Bonchev–Trinajstić information content (AvgIpc) is 2.62. The molecule has 0 saturated carbocycles. The van der Waals surface area contributed by atoms with Crippen LogP contribution in [-0.4, -0.2) is 47.0 Å². The molecule has 0 spiro atoms. The molecule has 2 aliphatic heterocycles. The van der Waals surface area contributed by atoms with Gasteiger partial charge in [0.25, 0.3) is 11.6 Å². The average molecular weight is 462 g/mol. The lowest BCUT2D eigenvalue weighted by Crippen LogP contribution is -2.52. The molecule has 0 aromatic heterocycles. The molecule has 2 saturated heterocycles. The Morgan fingerprint density at radius 3 is 1.55 bits per heavy atom. The van der Waals surface area contributed by atoms with Gasteiger partial charge in [0.1, 0.15) is 5.82 Å². The number of benzene rings is 1. The largest absolute Gasteiger partial charge is 0.422 e. The Bertz CT molecular complexity index is 1010. The Morgan fingerprint density at radius 2 is 1.18 bits per heavy atom. The van der Waals surface area contributed by atoms with Crippen molar-refractivity contribution in [3.05, 3.63) is 41.2 Å². The number of rotatable bonds is 5.